The lowest BCUT2D eigenvalue weighted by atomic mass is 10.1. The molecule has 0 bridgehead atoms. The maximum absolute atomic E-state index is 4.78. The molecule has 1 aliphatic heterocycles. The fourth-order valence-electron chi connectivity index (χ4n) is 3.25. The van der Waals surface area contributed by atoms with Gasteiger partial charge in [0, 0.05) is 62.6 Å². The van der Waals surface area contributed by atoms with E-state index in [0.29, 0.717) is 5.95 Å². The predicted octanol–water partition coefficient (Wildman–Crippen LogP) is 3.38. The summed E-state index contributed by atoms with van der Waals surface area (Å²) in [5, 5.41) is 10.5. The first-order chi connectivity index (χ1) is 13.3. The molecule has 27 heavy (non-hydrogen) atoms. The van der Waals surface area contributed by atoms with Crippen molar-refractivity contribution < 1.29 is 0 Å². The highest BCUT2D eigenvalue weighted by molar-refractivity contribution is 7.13. The first-order valence-corrected chi connectivity index (χ1v) is 11.1. The standard InChI is InChI=1S/C19H24N6S2/c1-2-24-7-9-25(10-8-24)6-4-21-19-22-13-16(15-3-11-26-14-15)17(23-19)18-20-5-12-27-18/h3,5,11-14H,2,4,6-10H2,1H3,(H,21,22,23). The zero-order chi connectivity index (χ0) is 18.5. The van der Waals surface area contributed by atoms with Gasteiger partial charge in [-0.1, -0.05) is 6.92 Å². The van der Waals surface area contributed by atoms with Crippen molar-refractivity contribution in [3.8, 4) is 21.8 Å². The van der Waals surface area contributed by atoms with Crippen molar-refractivity contribution in [2.24, 2.45) is 0 Å². The van der Waals surface area contributed by atoms with Crippen LogP contribution in [0, 0.1) is 0 Å². The van der Waals surface area contributed by atoms with Gasteiger partial charge < -0.3 is 10.2 Å². The van der Waals surface area contributed by atoms with Crippen LogP contribution in [0.4, 0.5) is 5.95 Å². The minimum absolute atomic E-state index is 0.673. The number of hydrogen-bond acceptors (Lipinski definition) is 8. The van der Waals surface area contributed by atoms with E-state index >= 15 is 0 Å². The van der Waals surface area contributed by atoms with Crippen LogP contribution in [-0.2, 0) is 0 Å². The Bertz CT molecular complexity index is 826. The second kappa shape index (κ2) is 8.88. The third-order valence-corrected chi connectivity index (χ3v) is 6.34. The largest absolute Gasteiger partial charge is 0.353 e. The first kappa shape index (κ1) is 18.5. The van der Waals surface area contributed by atoms with E-state index in [1.807, 2.05) is 17.8 Å². The average molecular weight is 401 g/mol. The average Bonchev–Trinajstić information content (AvgIpc) is 3.42. The van der Waals surface area contributed by atoms with E-state index < -0.39 is 0 Å². The number of anilines is 1. The van der Waals surface area contributed by atoms with Crippen molar-refractivity contribution in [3.63, 3.8) is 0 Å². The van der Waals surface area contributed by atoms with Crippen molar-refractivity contribution in [1.29, 1.82) is 0 Å². The normalized spacial score (nSPS) is 15.9. The zero-order valence-corrected chi connectivity index (χ0v) is 17.1. The Kier molecular flexibility index (Phi) is 6.08. The first-order valence-electron chi connectivity index (χ1n) is 9.31. The number of piperazine rings is 1. The lowest BCUT2D eigenvalue weighted by Crippen LogP contribution is -2.47. The highest BCUT2D eigenvalue weighted by Crippen LogP contribution is 2.32. The molecule has 0 spiro atoms. The van der Waals surface area contributed by atoms with Gasteiger partial charge in [-0.25, -0.2) is 15.0 Å². The molecule has 0 unspecified atom stereocenters. The second-order valence-corrected chi connectivity index (χ2v) is 8.18. The van der Waals surface area contributed by atoms with Gasteiger partial charge in [-0.3, -0.25) is 4.90 Å². The molecule has 6 nitrogen and oxygen atoms in total. The van der Waals surface area contributed by atoms with Gasteiger partial charge in [-0.15, -0.1) is 11.3 Å². The molecule has 1 fully saturated rings. The SMILES string of the molecule is CCN1CCN(CCNc2ncc(-c3ccsc3)c(-c3nccs3)n2)CC1. The summed E-state index contributed by atoms with van der Waals surface area (Å²) in [6.45, 7) is 9.84. The van der Waals surface area contributed by atoms with Gasteiger partial charge in [0.2, 0.25) is 5.95 Å². The molecule has 8 heteroatoms. The summed E-state index contributed by atoms with van der Waals surface area (Å²) in [6, 6.07) is 2.10. The number of nitrogens with one attached hydrogen (secondary N) is 1. The van der Waals surface area contributed by atoms with Gasteiger partial charge >= 0.3 is 0 Å². The van der Waals surface area contributed by atoms with Crippen molar-refractivity contribution in [3.05, 3.63) is 34.6 Å². The Hall–Kier alpha value is -1.87. The van der Waals surface area contributed by atoms with E-state index in [9.17, 15) is 0 Å². The Morgan fingerprint density at radius 3 is 2.67 bits per heavy atom. The monoisotopic (exact) mass is 400 g/mol. The molecule has 3 aromatic rings. The maximum Gasteiger partial charge on any atom is 0.223 e. The summed E-state index contributed by atoms with van der Waals surface area (Å²) in [5.41, 5.74) is 3.08. The van der Waals surface area contributed by atoms with Gasteiger partial charge in [0.05, 0.1) is 0 Å². The Morgan fingerprint density at radius 1 is 1.11 bits per heavy atom. The van der Waals surface area contributed by atoms with E-state index in [2.05, 4.69) is 48.8 Å². The van der Waals surface area contributed by atoms with Crippen LogP contribution in [0.5, 0.6) is 0 Å². The van der Waals surface area contributed by atoms with Crippen LogP contribution in [-0.4, -0.2) is 70.6 Å². The summed E-state index contributed by atoms with van der Waals surface area (Å²) >= 11 is 3.29. The van der Waals surface area contributed by atoms with Gasteiger partial charge in [0.15, 0.2) is 0 Å². The molecular weight excluding hydrogens is 376 g/mol. The molecule has 1 N–H and O–H groups in total. The van der Waals surface area contributed by atoms with Crippen LogP contribution in [0.2, 0.25) is 0 Å². The van der Waals surface area contributed by atoms with Crippen LogP contribution >= 0.6 is 22.7 Å². The number of hydrogen-bond donors (Lipinski definition) is 1. The number of nitrogens with zero attached hydrogens (tertiary/aromatic N) is 5. The predicted molar refractivity (Wildman–Crippen MR) is 113 cm³/mol. The minimum Gasteiger partial charge on any atom is -0.353 e. The highest BCUT2D eigenvalue weighted by Gasteiger charge is 2.16. The molecule has 142 valence electrons. The smallest absolute Gasteiger partial charge is 0.223 e. The highest BCUT2D eigenvalue weighted by atomic mass is 32.1. The molecule has 1 aliphatic rings. The van der Waals surface area contributed by atoms with Crippen LogP contribution in [0.1, 0.15) is 6.92 Å². The quantitative estimate of drug-likeness (QED) is 0.656. The van der Waals surface area contributed by atoms with Crippen LogP contribution in [0.25, 0.3) is 21.8 Å². The van der Waals surface area contributed by atoms with Crippen molar-refractivity contribution in [2.75, 3.05) is 51.1 Å². The Balaban J connectivity index is 1.42. The van der Waals surface area contributed by atoms with Crippen LogP contribution < -0.4 is 5.32 Å². The van der Waals surface area contributed by atoms with Gasteiger partial charge in [0.25, 0.3) is 0 Å². The van der Waals surface area contributed by atoms with Crippen molar-refractivity contribution >= 4 is 28.6 Å². The van der Waals surface area contributed by atoms with Crippen LogP contribution in [0.3, 0.4) is 0 Å². The fraction of sp³-hybridized carbons (Fsp3) is 0.421. The van der Waals surface area contributed by atoms with Gasteiger partial charge in [-0.05, 0) is 28.9 Å². The summed E-state index contributed by atoms with van der Waals surface area (Å²) in [5.74, 6) is 0.673. The number of aromatic nitrogens is 3. The molecule has 1 saturated heterocycles. The molecule has 3 aromatic heterocycles. The van der Waals surface area contributed by atoms with Gasteiger partial charge in [-0.2, -0.15) is 11.3 Å². The summed E-state index contributed by atoms with van der Waals surface area (Å²) in [7, 11) is 0. The second-order valence-electron chi connectivity index (χ2n) is 6.51. The lowest BCUT2D eigenvalue weighted by molar-refractivity contribution is 0.141. The molecule has 0 radical (unpaired) electrons. The molecular formula is C19H24N6S2. The van der Waals surface area contributed by atoms with E-state index in [4.69, 9.17) is 4.98 Å². The number of rotatable bonds is 7. The summed E-state index contributed by atoms with van der Waals surface area (Å²) in [4.78, 5) is 18.8. The third-order valence-electron chi connectivity index (χ3n) is 4.88. The lowest BCUT2D eigenvalue weighted by Gasteiger charge is -2.33. The molecule has 0 aromatic carbocycles. The molecule has 0 saturated carbocycles. The van der Waals surface area contributed by atoms with E-state index in [1.54, 1.807) is 22.7 Å². The molecule has 0 amide bonds. The van der Waals surface area contributed by atoms with E-state index in [-0.39, 0.29) is 0 Å². The number of thiazole rings is 1. The zero-order valence-electron chi connectivity index (χ0n) is 15.5. The summed E-state index contributed by atoms with van der Waals surface area (Å²) in [6.07, 6.45) is 3.73. The minimum atomic E-state index is 0.673. The topological polar surface area (TPSA) is 57.2 Å². The van der Waals surface area contributed by atoms with Crippen molar-refractivity contribution in [2.45, 2.75) is 6.92 Å². The van der Waals surface area contributed by atoms with Crippen LogP contribution in [0.15, 0.2) is 34.6 Å². The fourth-order valence-corrected chi connectivity index (χ4v) is 4.55. The summed E-state index contributed by atoms with van der Waals surface area (Å²) < 4.78 is 0. The molecule has 0 atom stereocenters. The maximum atomic E-state index is 4.78. The van der Waals surface area contributed by atoms with E-state index in [1.165, 1.54) is 0 Å². The Labute approximate surface area is 167 Å². The molecule has 4 heterocycles. The number of likely N-dealkylation sites (N-methyl/N-ethyl adjacent to an activating group) is 1. The van der Waals surface area contributed by atoms with E-state index in [0.717, 1.165) is 67.6 Å². The Morgan fingerprint density at radius 2 is 1.96 bits per heavy atom. The van der Waals surface area contributed by atoms with Crippen molar-refractivity contribution in [1.82, 2.24) is 24.8 Å². The molecule has 0 aliphatic carbocycles. The number of thiophene rings is 1. The van der Waals surface area contributed by atoms with Gasteiger partial charge in [0.1, 0.15) is 10.7 Å². The third kappa shape index (κ3) is 4.52. The molecule has 4 rings (SSSR count).